The Morgan fingerprint density at radius 3 is 2.41 bits per heavy atom. The van der Waals surface area contributed by atoms with Crippen LogP contribution < -0.4 is 10.3 Å². The van der Waals surface area contributed by atoms with E-state index in [9.17, 15) is 9.59 Å². The Hall–Kier alpha value is -2.64. The van der Waals surface area contributed by atoms with Crippen molar-refractivity contribution in [1.29, 1.82) is 0 Å². The van der Waals surface area contributed by atoms with Crippen LogP contribution in [0.1, 0.15) is 35.3 Å². The Labute approximate surface area is 180 Å². The second kappa shape index (κ2) is 9.24. The second-order valence-corrected chi connectivity index (χ2v) is 8.21. The molecule has 2 aromatic rings. The summed E-state index contributed by atoms with van der Waals surface area (Å²) in [6.07, 6.45) is 1.80. The maximum atomic E-state index is 12.8. The first kappa shape index (κ1) is 21.1. The number of hydrazine groups is 1. The lowest BCUT2D eigenvalue weighted by Crippen LogP contribution is -2.45. The van der Waals surface area contributed by atoms with Gasteiger partial charge in [0.1, 0.15) is 0 Å². The molecular weight excluding hydrogens is 402 g/mol. The predicted molar refractivity (Wildman–Crippen MR) is 124 cm³/mol. The van der Waals surface area contributed by atoms with Crippen LogP contribution in [0.4, 0.5) is 5.69 Å². The topological polar surface area (TPSA) is 52.6 Å². The van der Waals surface area contributed by atoms with Crippen molar-refractivity contribution in [3.8, 4) is 0 Å². The van der Waals surface area contributed by atoms with Gasteiger partial charge < -0.3 is 4.90 Å². The summed E-state index contributed by atoms with van der Waals surface area (Å²) in [4.78, 5) is 28.0. The maximum Gasteiger partial charge on any atom is 0.285 e. The highest BCUT2D eigenvalue weighted by molar-refractivity contribution is 8.26. The van der Waals surface area contributed by atoms with Crippen LogP contribution in [-0.2, 0) is 4.79 Å². The van der Waals surface area contributed by atoms with Gasteiger partial charge in [-0.05, 0) is 68.4 Å². The van der Waals surface area contributed by atoms with E-state index in [1.807, 2.05) is 43.3 Å². The van der Waals surface area contributed by atoms with E-state index in [-0.39, 0.29) is 11.8 Å². The molecule has 29 heavy (non-hydrogen) atoms. The molecule has 0 spiro atoms. The molecule has 0 aromatic heterocycles. The number of anilines is 1. The zero-order valence-corrected chi connectivity index (χ0v) is 18.3. The minimum Gasteiger partial charge on any atom is -0.372 e. The highest BCUT2D eigenvalue weighted by Crippen LogP contribution is 2.32. The molecular formula is C22H23N3O2S2. The van der Waals surface area contributed by atoms with E-state index in [0.29, 0.717) is 14.8 Å². The molecule has 1 aliphatic rings. The molecule has 1 heterocycles. The van der Waals surface area contributed by atoms with E-state index in [4.69, 9.17) is 12.2 Å². The van der Waals surface area contributed by atoms with Crippen LogP contribution in [0.2, 0.25) is 0 Å². The van der Waals surface area contributed by atoms with Crippen molar-refractivity contribution in [1.82, 2.24) is 10.4 Å². The number of aryl methyl sites for hydroxylation is 1. The first-order chi connectivity index (χ1) is 13.9. The highest BCUT2D eigenvalue weighted by atomic mass is 32.2. The van der Waals surface area contributed by atoms with Gasteiger partial charge >= 0.3 is 0 Å². The smallest absolute Gasteiger partial charge is 0.285 e. The maximum absolute atomic E-state index is 12.8. The normalized spacial score (nSPS) is 15.1. The molecule has 0 aliphatic carbocycles. The zero-order valence-electron chi connectivity index (χ0n) is 16.6. The largest absolute Gasteiger partial charge is 0.372 e. The summed E-state index contributed by atoms with van der Waals surface area (Å²) in [6, 6.07) is 15.3. The van der Waals surface area contributed by atoms with Crippen LogP contribution in [0.25, 0.3) is 6.08 Å². The summed E-state index contributed by atoms with van der Waals surface area (Å²) >= 11 is 6.49. The number of carbonyl (C=O) groups excluding carboxylic acids is 2. The molecule has 2 aromatic carbocycles. The summed E-state index contributed by atoms with van der Waals surface area (Å²) in [7, 11) is 0. The van der Waals surface area contributed by atoms with Crippen molar-refractivity contribution in [3.05, 3.63) is 70.1 Å². The van der Waals surface area contributed by atoms with Crippen LogP contribution >= 0.6 is 24.0 Å². The average molecular weight is 426 g/mol. The molecule has 0 atom stereocenters. The summed E-state index contributed by atoms with van der Waals surface area (Å²) in [5, 5.41) is 1.14. The Kier molecular flexibility index (Phi) is 6.71. The fourth-order valence-corrected chi connectivity index (χ4v) is 4.25. The van der Waals surface area contributed by atoms with Gasteiger partial charge in [-0.15, -0.1) is 0 Å². The fraction of sp³-hybridized carbons (Fsp3) is 0.227. The van der Waals surface area contributed by atoms with Crippen LogP contribution in [0.15, 0.2) is 53.4 Å². The summed E-state index contributed by atoms with van der Waals surface area (Å²) < 4.78 is 0.308. The van der Waals surface area contributed by atoms with Gasteiger partial charge in [0.25, 0.3) is 11.8 Å². The summed E-state index contributed by atoms with van der Waals surface area (Å²) in [6.45, 7) is 7.97. The molecule has 1 N–H and O–H groups in total. The predicted octanol–water partition coefficient (Wildman–Crippen LogP) is 4.39. The number of thiocarbonyl (C=S) groups is 1. The third-order valence-corrected chi connectivity index (χ3v) is 6.02. The quantitative estimate of drug-likeness (QED) is 0.550. The Bertz CT molecular complexity index is 966. The van der Waals surface area contributed by atoms with Gasteiger partial charge in [-0.3, -0.25) is 15.0 Å². The van der Waals surface area contributed by atoms with Crippen LogP contribution in [0.3, 0.4) is 0 Å². The molecule has 1 fully saturated rings. The van der Waals surface area contributed by atoms with Crippen molar-refractivity contribution >= 4 is 51.9 Å². The number of benzene rings is 2. The molecule has 0 saturated carbocycles. The van der Waals surface area contributed by atoms with E-state index in [2.05, 4.69) is 24.2 Å². The van der Waals surface area contributed by atoms with Gasteiger partial charge in [0.15, 0.2) is 4.32 Å². The van der Waals surface area contributed by atoms with E-state index in [1.165, 1.54) is 11.8 Å². The van der Waals surface area contributed by atoms with E-state index >= 15 is 0 Å². The van der Waals surface area contributed by atoms with Crippen molar-refractivity contribution < 1.29 is 9.59 Å². The third kappa shape index (κ3) is 4.68. The first-order valence-electron chi connectivity index (χ1n) is 9.44. The minimum atomic E-state index is -0.357. The van der Waals surface area contributed by atoms with Gasteiger partial charge in [0.05, 0.1) is 4.91 Å². The molecule has 7 heteroatoms. The lowest BCUT2D eigenvalue weighted by molar-refractivity contribution is -0.123. The number of thioether (sulfide) groups is 1. The van der Waals surface area contributed by atoms with Gasteiger partial charge in [-0.1, -0.05) is 42.1 Å². The second-order valence-electron chi connectivity index (χ2n) is 6.54. The Morgan fingerprint density at radius 2 is 1.79 bits per heavy atom. The Morgan fingerprint density at radius 1 is 1.14 bits per heavy atom. The summed E-state index contributed by atoms with van der Waals surface area (Å²) in [5.41, 5.74) is 6.02. The molecule has 0 unspecified atom stereocenters. The lowest BCUT2D eigenvalue weighted by Gasteiger charge is -2.20. The fourth-order valence-electron chi connectivity index (χ4n) is 3.08. The summed E-state index contributed by atoms with van der Waals surface area (Å²) in [5.74, 6) is -0.682. The third-order valence-electron chi connectivity index (χ3n) is 4.72. The van der Waals surface area contributed by atoms with Crippen molar-refractivity contribution in [2.24, 2.45) is 0 Å². The highest BCUT2D eigenvalue weighted by Gasteiger charge is 2.33. The number of amides is 2. The van der Waals surface area contributed by atoms with E-state index in [1.54, 1.807) is 18.2 Å². The number of rotatable bonds is 6. The average Bonchev–Trinajstić information content (AvgIpc) is 2.97. The number of carbonyl (C=O) groups is 2. The lowest BCUT2D eigenvalue weighted by atomic mass is 10.1. The Balaban J connectivity index is 1.74. The van der Waals surface area contributed by atoms with Crippen molar-refractivity contribution in [3.63, 3.8) is 0 Å². The van der Waals surface area contributed by atoms with Crippen LogP contribution in [0.5, 0.6) is 0 Å². The van der Waals surface area contributed by atoms with Crippen molar-refractivity contribution in [2.75, 3.05) is 18.0 Å². The van der Waals surface area contributed by atoms with Crippen molar-refractivity contribution in [2.45, 2.75) is 20.8 Å². The standard InChI is InChI=1S/C22H23N3O2S2/c1-4-24(5-2)17-12-10-16(11-13-17)14-19-21(27)25(22(28)29-19)23-20(26)18-9-7-6-8-15(18)3/h6-14H,4-5H2,1-3H3,(H,23,26)/b19-14+. The van der Waals surface area contributed by atoms with Crippen LogP contribution in [-0.4, -0.2) is 34.2 Å². The molecule has 150 valence electrons. The molecule has 1 aliphatic heterocycles. The zero-order chi connectivity index (χ0) is 21.0. The number of nitrogens with zero attached hydrogens (tertiary/aromatic N) is 2. The number of hydrogen-bond acceptors (Lipinski definition) is 5. The monoisotopic (exact) mass is 425 g/mol. The molecule has 2 amide bonds. The first-order valence-corrected chi connectivity index (χ1v) is 10.7. The minimum absolute atomic E-state index is 0.308. The SMILES string of the molecule is CCN(CC)c1ccc(/C=C2/SC(=S)N(NC(=O)c3ccccc3C)C2=O)cc1. The van der Waals surface area contributed by atoms with Gasteiger partial charge in [-0.2, -0.15) is 5.01 Å². The van der Waals surface area contributed by atoms with Gasteiger partial charge in [0.2, 0.25) is 0 Å². The molecule has 3 rings (SSSR count). The number of nitrogens with one attached hydrogen (secondary N) is 1. The molecule has 1 saturated heterocycles. The van der Waals surface area contributed by atoms with E-state index in [0.717, 1.165) is 34.9 Å². The molecule has 5 nitrogen and oxygen atoms in total. The van der Waals surface area contributed by atoms with Gasteiger partial charge in [-0.25, -0.2) is 0 Å². The van der Waals surface area contributed by atoms with Gasteiger partial charge in [0, 0.05) is 24.3 Å². The number of hydrogen-bond donors (Lipinski definition) is 1. The molecule has 0 bridgehead atoms. The molecule has 0 radical (unpaired) electrons. The van der Waals surface area contributed by atoms with Crippen LogP contribution in [0, 0.1) is 6.92 Å². The van der Waals surface area contributed by atoms with E-state index < -0.39 is 0 Å².